The van der Waals surface area contributed by atoms with Gasteiger partial charge < -0.3 is 9.64 Å². The highest BCUT2D eigenvalue weighted by Gasteiger charge is 2.37. The third-order valence-electron chi connectivity index (χ3n) is 2.86. The summed E-state index contributed by atoms with van der Waals surface area (Å²) in [7, 11) is 0. The molecule has 0 aliphatic carbocycles. The zero-order valence-electron chi connectivity index (χ0n) is 12.0. The van der Waals surface area contributed by atoms with Crippen LogP contribution in [0.5, 0.6) is 0 Å². The summed E-state index contributed by atoms with van der Waals surface area (Å²) >= 11 is 6.96. The number of thiazole rings is 1. The van der Waals surface area contributed by atoms with Crippen molar-refractivity contribution < 1.29 is 19.4 Å². The molecule has 0 bridgehead atoms. The normalized spacial score (nSPS) is 16.0. The van der Waals surface area contributed by atoms with E-state index in [0.717, 1.165) is 9.78 Å². The Morgan fingerprint density at radius 1 is 1.57 bits per heavy atom. The highest BCUT2D eigenvalue weighted by atomic mass is 35.5. The molecule has 1 aliphatic rings. The molecule has 1 saturated heterocycles. The smallest absolute Gasteiger partial charge is 0.397 e. The summed E-state index contributed by atoms with van der Waals surface area (Å²) in [5.74, 6) is -2.28. The van der Waals surface area contributed by atoms with Crippen LogP contribution < -0.4 is 0 Å². The first-order valence-corrected chi connectivity index (χ1v) is 7.68. The van der Waals surface area contributed by atoms with Gasteiger partial charge in [0.2, 0.25) is 0 Å². The number of carbonyl (C=O) groups is 2. The van der Waals surface area contributed by atoms with Crippen LogP contribution in [0.2, 0.25) is 4.47 Å². The quantitative estimate of drug-likeness (QED) is 0.332. The number of amides is 1. The lowest BCUT2D eigenvalue weighted by Gasteiger charge is -2.17. The number of guanidine groups is 1. The second-order valence-electron chi connectivity index (χ2n) is 4.32. The Morgan fingerprint density at radius 2 is 2.30 bits per heavy atom. The molecular formula is C11H12ClN5O5S. The average Bonchev–Trinajstić information content (AvgIpc) is 3.06. The molecule has 12 heteroatoms. The highest BCUT2D eigenvalue weighted by Crippen LogP contribution is 2.21. The summed E-state index contributed by atoms with van der Waals surface area (Å²) in [5, 5.41) is 13.0. The fourth-order valence-corrected chi connectivity index (χ4v) is 2.97. The van der Waals surface area contributed by atoms with E-state index >= 15 is 0 Å². The van der Waals surface area contributed by atoms with Crippen molar-refractivity contribution in [2.45, 2.75) is 13.5 Å². The minimum atomic E-state index is -1.08. The van der Waals surface area contributed by atoms with Gasteiger partial charge >= 0.3 is 11.9 Å². The summed E-state index contributed by atoms with van der Waals surface area (Å²) < 4.78 is 4.97. The first-order chi connectivity index (χ1) is 10.9. The van der Waals surface area contributed by atoms with Gasteiger partial charge in [0.1, 0.15) is 5.10 Å². The first-order valence-electron chi connectivity index (χ1n) is 6.49. The van der Waals surface area contributed by atoms with E-state index in [0.29, 0.717) is 4.47 Å². The summed E-state index contributed by atoms with van der Waals surface area (Å²) in [6, 6.07) is 0. The predicted octanol–water partition coefficient (Wildman–Crippen LogP) is 0.552. The van der Waals surface area contributed by atoms with Gasteiger partial charge in [0.25, 0.3) is 5.96 Å². The van der Waals surface area contributed by atoms with Crippen molar-refractivity contribution in [3.8, 4) is 0 Å². The van der Waals surface area contributed by atoms with E-state index in [9.17, 15) is 19.7 Å². The molecule has 0 saturated carbocycles. The third-order valence-corrected chi connectivity index (χ3v) is 3.96. The average molecular weight is 362 g/mol. The molecule has 0 atom stereocenters. The molecule has 0 radical (unpaired) electrons. The number of halogens is 1. The van der Waals surface area contributed by atoms with Crippen molar-refractivity contribution in [1.82, 2.24) is 14.8 Å². The number of aromatic nitrogens is 1. The van der Waals surface area contributed by atoms with Crippen molar-refractivity contribution in [3.05, 3.63) is 25.7 Å². The second kappa shape index (κ2) is 7.33. The highest BCUT2D eigenvalue weighted by molar-refractivity contribution is 7.15. The van der Waals surface area contributed by atoms with Gasteiger partial charge in [0, 0.05) is 24.2 Å². The minimum absolute atomic E-state index is 0.0310. The molecular weight excluding hydrogens is 350 g/mol. The van der Waals surface area contributed by atoms with Crippen molar-refractivity contribution in [1.29, 1.82) is 0 Å². The van der Waals surface area contributed by atoms with E-state index in [2.05, 4.69) is 14.8 Å². The molecule has 2 heterocycles. The van der Waals surface area contributed by atoms with E-state index in [-0.39, 0.29) is 32.2 Å². The fourth-order valence-electron chi connectivity index (χ4n) is 1.97. The van der Waals surface area contributed by atoms with Gasteiger partial charge in [-0.25, -0.2) is 19.9 Å². The number of esters is 1. The number of nitro groups is 1. The Bertz CT molecular complexity index is 663. The molecule has 1 amide bonds. The Kier molecular flexibility index (Phi) is 5.45. The van der Waals surface area contributed by atoms with Gasteiger partial charge in [0.05, 0.1) is 13.2 Å². The fraction of sp³-hybridized carbons (Fsp3) is 0.455. The monoisotopic (exact) mass is 361 g/mol. The van der Waals surface area contributed by atoms with Gasteiger partial charge in [-0.2, -0.15) is 0 Å². The van der Waals surface area contributed by atoms with E-state index in [1.54, 1.807) is 6.92 Å². The Hall–Kier alpha value is -2.27. The van der Waals surface area contributed by atoms with Crippen LogP contribution in [-0.4, -0.2) is 57.3 Å². The molecule has 1 aromatic heterocycles. The zero-order chi connectivity index (χ0) is 17.0. The molecule has 10 nitrogen and oxygen atoms in total. The standard InChI is InChI=1S/C11H12ClN5O5S/c1-2-22-9(19)8(18)16-4-3-15(11(16)14-17(20)21)6-7-5-13-10(12)23-7/h5H,2-4,6H2,1H3/b14-11-. The van der Waals surface area contributed by atoms with Crippen LogP contribution in [0, 0.1) is 10.1 Å². The summed E-state index contributed by atoms with van der Waals surface area (Å²) in [6.45, 7) is 2.21. The van der Waals surface area contributed by atoms with Gasteiger partial charge in [-0.3, -0.25) is 9.69 Å². The number of rotatable bonds is 4. The van der Waals surface area contributed by atoms with E-state index < -0.39 is 16.9 Å². The summed E-state index contributed by atoms with van der Waals surface area (Å²) in [4.78, 5) is 41.4. The number of hydrogen-bond donors (Lipinski definition) is 0. The molecule has 1 fully saturated rings. The molecule has 2 rings (SSSR count). The molecule has 1 aliphatic heterocycles. The Balaban J connectivity index is 2.20. The number of ether oxygens (including phenoxy) is 1. The summed E-state index contributed by atoms with van der Waals surface area (Å²) in [5.41, 5.74) is 0. The van der Waals surface area contributed by atoms with Crippen molar-refractivity contribution >= 4 is 40.8 Å². The van der Waals surface area contributed by atoms with Crippen molar-refractivity contribution in [2.75, 3.05) is 19.7 Å². The zero-order valence-corrected chi connectivity index (χ0v) is 13.5. The van der Waals surface area contributed by atoms with Crippen LogP contribution in [0.1, 0.15) is 11.8 Å². The second-order valence-corrected chi connectivity index (χ2v) is 6.01. The molecule has 0 spiro atoms. The van der Waals surface area contributed by atoms with E-state index in [4.69, 9.17) is 11.6 Å². The number of hydrazone groups is 1. The van der Waals surface area contributed by atoms with Crippen LogP contribution in [0.15, 0.2) is 11.3 Å². The van der Waals surface area contributed by atoms with Crippen LogP contribution in [0.3, 0.4) is 0 Å². The van der Waals surface area contributed by atoms with E-state index in [1.165, 1.54) is 22.4 Å². The van der Waals surface area contributed by atoms with Crippen LogP contribution >= 0.6 is 22.9 Å². The molecule has 23 heavy (non-hydrogen) atoms. The van der Waals surface area contributed by atoms with Gasteiger partial charge in [-0.05, 0) is 6.92 Å². The van der Waals surface area contributed by atoms with Gasteiger partial charge in [-0.1, -0.05) is 11.6 Å². The lowest BCUT2D eigenvalue weighted by molar-refractivity contribution is -0.486. The number of nitrogens with zero attached hydrogens (tertiary/aromatic N) is 5. The summed E-state index contributed by atoms with van der Waals surface area (Å²) in [6.07, 6.45) is 1.53. The topological polar surface area (TPSA) is 118 Å². The minimum Gasteiger partial charge on any atom is -0.459 e. The van der Waals surface area contributed by atoms with E-state index in [1.807, 2.05) is 0 Å². The lowest BCUT2D eigenvalue weighted by atomic mass is 10.5. The predicted molar refractivity (Wildman–Crippen MR) is 80.3 cm³/mol. The molecule has 124 valence electrons. The molecule has 1 aromatic rings. The maximum Gasteiger partial charge on any atom is 0.397 e. The van der Waals surface area contributed by atoms with Gasteiger partial charge in [-0.15, -0.1) is 11.3 Å². The van der Waals surface area contributed by atoms with Crippen LogP contribution in [0.25, 0.3) is 0 Å². The lowest BCUT2D eigenvalue weighted by Crippen LogP contribution is -2.42. The maximum atomic E-state index is 12.0. The number of hydrogen-bond acceptors (Lipinski definition) is 7. The molecule has 0 unspecified atom stereocenters. The van der Waals surface area contributed by atoms with Gasteiger partial charge in [0.15, 0.2) is 9.50 Å². The molecule has 0 aromatic carbocycles. The van der Waals surface area contributed by atoms with Crippen molar-refractivity contribution in [3.63, 3.8) is 0 Å². The Morgan fingerprint density at radius 3 is 2.87 bits per heavy atom. The third kappa shape index (κ3) is 4.13. The largest absolute Gasteiger partial charge is 0.459 e. The Labute approximate surface area is 139 Å². The van der Waals surface area contributed by atoms with Crippen LogP contribution in [0.4, 0.5) is 0 Å². The molecule has 0 N–H and O–H groups in total. The first kappa shape index (κ1) is 17.1. The SMILES string of the molecule is CCOC(=O)C(=O)N1CCN(Cc2cnc(Cl)s2)/C1=N/[N+](=O)[O-]. The van der Waals surface area contributed by atoms with Crippen LogP contribution in [-0.2, 0) is 20.9 Å². The van der Waals surface area contributed by atoms with Crippen molar-refractivity contribution in [2.24, 2.45) is 5.10 Å². The maximum absolute atomic E-state index is 12.0. The number of carbonyl (C=O) groups excluding carboxylic acids is 2.